The molecule has 0 unspecified atom stereocenters. The van der Waals surface area contributed by atoms with E-state index < -0.39 is 0 Å². The van der Waals surface area contributed by atoms with Gasteiger partial charge in [-0.1, -0.05) is 32.9 Å². The largest absolute Gasteiger partial charge is 0.244 e. The molecule has 6 heteroatoms. The Kier molecular flexibility index (Phi) is 3.50. The van der Waals surface area contributed by atoms with E-state index in [1.165, 1.54) is 4.88 Å². The molecule has 0 N–H and O–H groups in total. The van der Waals surface area contributed by atoms with Crippen LogP contribution in [0.5, 0.6) is 0 Å². The van der Waals surface area contributed by atoms with Crippen LogP contribution in [-0.2, 0) is 0 Å². The first kappa shape index (κ1) is 11.2. The first-order valence-corrected chi connectivity index (χ1v) is 7.96. The van der Waals surface area contributed by atoms with E-state index in [4.69, 9.17) is 12.2 Å². The summed E-state index contributed by atoms with van der Waals surface area (Å²) in [7, 11) is 3.32. The Hall–Kier alpha value is -0.300. The van der Waals surface area contributed by atoms with Crippen molar-refractivity contribution in [1.29, 1.82) is 0 Å². The number of hydrogen-bond acceptors (Lipinski definition) is 6. The van der Waals surface area contributed by atoms with Crippen LogP contribution >= 0.6 is 44.7 Å². The van der Waals surface area contributed by atoms with Crippen LogP contribution in [0.25, 0.3) is 10.6 Å². The van der Waals surface area contributed by atoms with Crippen molar-refractivity contribution in [3.8, 4) is 10.6 Å². The fraction of sp³-hybridized carbons (Fsp3) is 0.222. The lowest BCUT2D eigenvalue weighted by Gasteiger charge is -2.02. The molecule has 0 bridgehead atoms. The Morgan fingerprint density at radius 3 is 2.80 bits per heavy atom. The van der Waals surface area contributed by atoms with Crippen molar-refractivity contribution in [1.82, 2.24) is 9.97 Å². The van der Waals surface area contributed by atoms with Gasteiger partial charge in [0.2, 0.25) is 0 Å². The van der Waals surface area contributed by atoms with Crippen LogP contribution in [0.2, 0.25) is 0 Å². The van der Waals surface area contributed by atoms with Crippen molar-refractivity contribution in [3.63, 3.8) is 0 Å². The van der Waals surface area contributed by atoms with Crippen LogP contribution in [0, 0.1) is 10.7 Å². The molecule has 0 spiro atoms. The van der Waals surface area contributed by atoms with E-state index >= 15 is 0 Å². The second kappa shape index (κ2) is 4.69. The van der Waals surface area contributed by atoms with Gasteiger partial charge >= 0.3 is 0 Å². The molecule has 0 aromatic carbocycles. The number of rotatable bonds is 2. The van der Waals surface area contributed by atoms with Gasteiger partial charge < -0.3 is 0 Å². The fourth-order valence-electron chi connectivity index (χ4n) is 1.15. The van der Waals surface area contributed by atoms with Gasteiger partial charge in [-0.2, -0.15) is 0 Å². The van der Waals surface area contributed by atoms with Crippen LogP contribution in [0.15, 0.2) is 17.4 Å². The summed E-state index contributed by atoms with van der Waals surface area (Å²) in [6.45, 7) is 2.05. The van der Waals surface area contributed by atoms with Crippen molar-refractivity contribution < 1.29 is 0 Å². The molecule has 2 aromatic rings. The van der Waals surface area contributed by atoms with Crippen molar-refractivity contribution in [2.75, 3.05) is 6.26 Å². The third kappa shape index (κ3) is 2.13. The SMILES string of the molecule is CSc1cncnc1-c1ssc(=S)c1C. The first-order chi connectivity index (χ1) is 7.24. The highest BCUT2D eigenvalue weighted by Gasteiger charge is 2.11. The molecule has 0 amide bonds. The molecule has 0 aliphatic heterocycles. The predicted molar refractivity (Wildman–Crippen MR) is 70.6 cm³/mol. The van der Waals surface area contributed by atoms with E-state index in [2.05, 4.69) is 16.9 Å². The normalized spacial score (nSPS) is 10.5. The summed E-state index contributed by atoms with van der Waals surface area (Å²) in [6, 6.07) is 0. The van der Waals surface area contributed by atoms with Crippen LogP contribution in [0.4, 0.5) is 0 Å². The van der Waals surface area contributed by atoms with Gasteiger partial charge in [-0.3, -0.25) is 0 Å². The zero-order valence-electron chi connectivity index (χ0n) is 8.18. The molecule has 0 radical (unpaired) electrons. The Balaban J connectivity index is 2.63. The maximum absolute atomic E-state index is 5.23. The van der Waals surface area contributed by atoms with Gasteiger partial charge in [0.1, 0.15) is 10.2 Å². The standard InChI is InChI=1S/C9H8N2S4/c1-5-8(14-15-9(5)12)7-6(13-2)3-10-4-11-7/h3-4H,1-2H3. The molecular weight excluding hydrogens is 264 g/mol. The highest BCUT2D eigenvalue weighted by Crippen LogP contribution is 2.36. The second-order valence-electron chi connectivity index (χ2n) is 2.85. The summed E-state index contributed by atoms with van der Waals surface area (Å²) in [5, 5.41) is 0. The minimum absolute atomic E-state index is 0.959. The van der Waals surface area contributed by atoms with Crippen molar-refractivity contribution in [2.24, 2.45) is 0 Å². The summed E-state index contributed by atoms with van der Waals surface area (Å²) in [6.07, 6.45) is 5.46. The zero-order chi connectivity index (χ0) is 10.8. The first-order valence-electron chi connectivity index (χ1n) is 4.18. The Bertz CT molecular complexity index is 529. The maximum Gasteiger partial charge on any atom is 0.116 e. The van der Waals surface area contributed by atoms with E-state index in [0.717, 1.165) is 20.0 Å². The van der Waals surface area contributed by atoms with Crippen LogP contribution < -0.4 is 0 Å². The molecule has 2 heterocycles. The minimum atomic E-state index is 0.959. The summed E-state index contributed by atoms with van der Waals surface area (Å²) >= 11 is 6.89. The number of nitrogens with zero attached hydrogens (tertiary/aromatic N) is 2. The highest BCUT2D eigenvalue weighted by molar-refractivity contribution is 7.98. The van der Waals surface area contributed by atoms with Gasteiger partial charge in [0.15, 0.2) is 0 Å². The average molecular weight is 272 g/mol. The lowest BCUT2D eigenvalue weighted by molar-refractivity contribution is 1.11. The molecule has 78 valence electrons. The lowest BCUT2D eigenvalue weighted by Crippen LogP contribution is -1.87. The van der Waals surface area contributed by atoms with Gasteiger partial charge in [-0.25, -0.2) is 9.97 Å². The monoisotopic (exact) mass is 272 g/mol. The van der Waals surface area contributed by atoms with E-state index in [9.17, 15) is 0 Å². The molecular formula is C9H8N2S4. The summed E-state index contributed by atoms with van der Waals surface area (Å²) < 4.78 is 0.959. The Morgan fingerprint density at radius 1 is 1.40 bits per heavy atom. The molecule has 2 rings (SSSR count). The van der Waals surface area contributed by atoms with Crippen molar-refractivity contribution in [3.05, 3.63) is 21.9 Å². The maximum atomic E-state index is 5.23. The summed E-state index contributed by atoms with van der Waals surface area (Å²) in [4.78, 5) is 10.6. The number of aromatic nitrogens is 2. The lowest BCUT2D eigenvalue weighted by atomic mass is 10.2. The summed E-state index contributed by atoms with van der Waals surface area (Å²) in [5.41, 5.74) is 2.17. The van der Waals surface area contributed by atoms with Gasteiger partial charge in [-0.05, 0) is 18.7 Å². The zero-order valence-corrected chi connectivity index (χ0v) is 11.4. The van der Waals surface area contributed by atoms with E-state index in [-0.39, 0.29) is 0 Å². The number of hydrogen-bond donors (Lipinski definition) is 0. The van der Waals surface area contributed by atoms with E-state index in [1.54, 1.807) is 38.8 Å². The molecule has 0 atom stereocenters. The topological polar surface area (TPSA) is 25.8 Å². The second-order valence-corrected chi connectivity index (χ2v) is 6.51. The molecule has 0 fully saturated rings. The van der Waals surface area contributed by atoms with Gasteiger partial charge in [0.05, 0.1) is 15.5 Å². The predicted octanol–water partition coefficient (Wildman–Crippen LogP) is 4.03. The minimum Gasteiger partial charge on any atom is -0.244 e. The van der Waals surface area contributed by atoms with Gasteiger partial charge in [-0.15, -0.1) is 11.8 Å². The molecule has 0 aliphatic carbocycles. The quantitative estimate of drug-likeness (QED) is 0.468. The van der Waals surface area contributed by atoms with E-state index in [1.807, 2.05) is 12.5 Å². The molecule has 0 saturated heterocycles. The van der Waals surface area contributed by atoms with E-state index in [0.29, 0.717) is 0 Å². The van der Waals surface area contributed by atoms with Crippen LogP contribution in [0.3, 0.4) is 0 Å². The Morgan fingerprint density at radius 2 is 2.20 bits per heavy atom. The fourth-order valence-corrected chi connectivity index (χ4v) is 4.59. The third-order valence-corrected chi connectivity index (χ3v) is 6.03. The molecule has 0 aliphatic rings. The van der Waals surface area contributed by atoms with Gasteiger partial charge in [0, 0.05) is 6.20 Å². The Labute approximate surface area is 105 Å². The molecule has 2 nitrogen and oxygen atoms in total. The van der Waals surface area contributed by atoms with Gasteiger partial charge in [0.25, 0.3) is 0 Å². The van der Waals surface area contributed by atoms with Crippen LogP contribution in [-0.4, -0.2) is 16.2 Å². The number of thioether (sulfide) groups is 1. The third-order valence-electron chi connectivity index (χ3n) is 1.96. The van der Waals surface area contributed by atoms with Crippen LogP contribution in [0.1, 0.15) is 5.56 Å². The van der Waals surface area contributed by atoms with Crippen molar-refractivity contribution >= 4 is 44.7 Å². The highest BCUT2D eigenvalue weighted by atomic mass is 32.9. The summed E-state index contributed by atoms with van der Waals surface area (Å²) in [5.74, 6) is 0. The molecule has 15 heavy (non-hydrogen) atoms. The smallest absolute Gasteiger partial charge is 0.116 e. The van der Waals surface area contributed by atoms with Crippen molar-refractivity contribution in [2.45, 2.75) is 11.8 Å². The molecule has 0 saturated carbocycles. The molecule has 2 aromatic heterocycles. The average Bonchev–Trinajstić information content (AvgIpc) is 2.60.